The molecule has 0 amide bonds. The van der Waals surface area contributed by atoms with Gasteiger partial charge in [0.05, 0.1) is 0 Å². The van der Waals surface area contributed by atoms with Gasteiger partial charge in [-0.1, -0.05) is 24.3 Å². The number of esters is 1. The van der Waals surface area contributed by atoms with Gasteiger partial charge >= 0.3 is 5.97 Å². The van der Waals surface area contributed by atoms with E-state index < -0.39 is 5.97 Å². The van der Waals surface area contributed by atoms with E-state index in [9.17, 15) is 9.59 Å². The summed E-state index contributed by atoms with van der Waals surface area (Å²) in [6.07, 6.45) is 1.49. The van der Waals surface area contributed by atoms with Crippen LogP contribution >= 0.6 is 11.3 Å². The number of Topliss-reactive ketones (excluding diaryl/α,β-unsaturated/α-hetero) is 1. The van der Waals surface area contributed by atoms with Crippen LogP contribution in [0.25, 0.3) is 6.08 Å². The van der Waals surface area contributed by atoms with Crippen LogP contribution in [0.5, 0.6) is 5.75 Å². The number of likely N-dealkylation sites (N-methyl/N-ethyl adjacent to an activating group) is 1. The van der Waals surface area contributed by atoms with E-state index in [1.54, 1.807) is 17.4 Å². The normalized spacial score (nSPS) is 13.4. The summed E-state index contributed by atoms with van der Waals surface area (Å²) in [5, 5.41) is 2.03. The van der Waals surface area contributed by atoms with Gasteiger partial charge in [0.1, 0.15) is 18.8 Å². The Labute approximate surface area is 161 Å². The lowest BCUT2D eigenvalue weighted by Gasteiger charge is -2.15. The Morgan fingerprint density at radius 1 is 1.30 bits per heavy atom. The monoisotopic (exact) mass is 387 g/mol. The molecule has 1 aliphatic heterocycles. The fourth-order valence-electron chi connectivity index (χ4n) is 2.66. The minimum absolute atomic E-state index is 0.0141. The first-order chi connectivity index (χ1) is 13.0. The maximum absolute atomic E-state index is 12.4. The number of ketones is 1. The fourth-order valence-corrected chi connectivity index (χ4v) is 3.45. The number of carbonyl (C=O) groups excluding carboxylic acids is 2. The third-order valence-electron chi connectivity index (χ3n) is 4.09. The number of nitrogens with zero attached hydrogens (tertiary/aromatic N) is 1. The molecule has 0 bridgehead atoms. The van der Waals surface area contributed by atoms with Gasteiger partial charge in [0.2, 0.25) is 0 Å². The molecule has 0 saturated carbocycles. The summed E-state index contributed by atoms with van der Waals surface area (Å²) >= 11 is 1.69. The molecule has 0 radical (unpaired) electrons. The molecule has 27 heavy (non-hydrogen) atoms. The van der Waals surface area contributed by atoms with Crippen LogP contribution < -0.4 is 4.89 Å². The second-order valence-corrected chi connectivity index (χ2v) is 7.28. The van der Waals surface area contributed by atoms with Crippen molar-refractivity contribution in [2.24, 2.45) is 0 Å². The maximum Gasteiger partial charge on any atom is 0.341 e. The maximum atomic E-state index is 12.4. The van der Waals surface area contributed by atoms with Gasteiger partial charge in [-0.15, -0.1) is 11.3 Å². The molecule has 0 saturated heterocycles. The lowest BCUT2D eigenvalue weighted by Crippen LogP contribution is -2.24. The molecule has 0 N–H and O–H groups in total. The topological polar surface area (TPSA) is 65.1 Å². The van der Waals surface area contributed by atoms with E-state index >= 15 is 0 Å². The first-order valence-corrected chi connectivity index (χ1v) is 9.44. The SMILES string of the molecule is CC(=O)/C(=C/c1cccc2c1OOC2)C(=O)OCCN(C)Cc1cccs1. The zero-order valence-corrected chi connectivity index (χ0v) is 16.1. The highest BCUT2D eigenvalue weighted by Crippen LogP contribution is 2.31. The molecule has 142 valence electrons. The van der Waals surface area contributed by atoms with Gasteiger partial charge in [0, 0.05) is 29.1 Å². The molecule has 0 spiro atoms. The Morgan fingerprint density at radius 3 is 2.89 bits per heavy atom. The number of ether oxygens (including phenoxy) is 1. The van der Waals surface area contributed by atoms with Crippen LogP contribution in [0, 0.1) is 0 Å². The van der Waals surface area contributed by atoms with Gasteiger partial charge in [-0.3, -0.25) is 9.69 Å². The molecule has 2 aromatic rings. The van der Waals surface area contributed by atoms with Gasteiger partial charge in [0.15, 0.2) is 11.5 Å². The van der Waals surface area contributed by atoms with Crippen molar-refractivity contribution in [3.8, 4) is 5.75 Å². The van der Waals surface area contributed by atoms with Gasteiger partial charge in [-0.05, 0) is 31.5 Å². The number of carbonyl (C=O) groups is 2. The molecule has 0 aliphatic carbocycles. The smallest absolute Gasteiger partial charge is 0.341 e. The van der Waals surface area contributed by atoms with E-state index in [0.29, 0.717) is 24.5 Å². The Morgan fingerprint density at radius 2 is 2.15 bits per heavy atom. The molecule has 1 aromatic heterocycles. The second kappa shape index (κ2) is 8.94. The van der Waals surface area contributed by atoms with Crippen molar-refractivity contribution in [3.05, 3.63) is 57.3 Å². The van der Waals surface area contributed by atoms with Gasteiger partial charge in [-0.25, -0.2) is 4.79 Å². The van der Waals surface area contributed by atoms with Crippen molar-refractivity contribution < 1.29 is 24.1 Å². The van der Waals surface area contributed by atoms with E-state index in [1.807, 2.05) is 30.6 Å². The minimum atomic E-state index is -0.636. The average Bonchev–Trinajstić information content (AvgIpc) is 3.30. The van der Waals surface area contributed by atoms with Crippen LogP contribution in [0.4, 0.5) is 0 Å². The highest BCUT2D eigenvalue weighted by Gasteiger charge is 2.21. The van der Waals surface area contributed by atoms with E-state index in [0.717, 1.165) is 12.1 Å². The van der Waals surface area contributed by atoms with Crippen molar-refractivity contribution >= 4 is 29.2 Å². The Hall–Kier alpha value is -2.48. The fraction of sp³-hybridized carbons (Fsp3) is 0.300. The van der Waals surface area contributed by atoms with Crippen molar-refractivity contribution in [2.45, 2.75) is 20.1 Å². The quantitative estimate of drug-likeness (QED) is 0.228. The van der Waals surface area contributed by atoms with Gasteiger partial charge in [-0.2, -0.15) is 4.89 Å². The van der Waals surface area contributed by atoms with E-state index in [4.69, 9.17) is 14.5 Å². The minimum Gasteiger partial charge on any atom is -0.461 e. The van der Waals surface area contributed by atoms with Crippen molar-refractivity contribution in [1.82, 2.24) is 4.90 Å². The number of fused-ring (bicyclic) bond motifs is 1. The van der Waals surface area contributed by atoms with E-state index in [-0.39, 0.29) is 18.0 Å². The molecule has 1 aliphatic rings. The number of hydrogen-bond donors (Lipinski definition) is 0. The number of benzene rings is 1. The number of hydrogen-bond acceptors (Lipinski definition) is 7. The standard InChI is InChI=1S/C20H21NO5S/c1-14(22)18(11-15-5-3-6-16-13-25-26-19(15)16)20(23)24-9-8-21(2)12-17-7-4-10-27-17/h3-7,10-11H,8-9,12-13H2,1-2H3/b18-11-. The predicted octanol–water partition coefficient (Wildman–Crippen LogP) is 3.22. The largest absolute Gasteiger partial charge is 0.461 e. The van der Waals surface area contributed by atoms with Crippen molar-refractivity contribution in [3.63, 3.8) is 0 Å². The van der Waals surface area contributed by atoms with E-state index in [2.05, 4.69) is 11.0 Å². The molecule has 1 aromatic carbocycles. The molecule has 0 atom stereocenters. The summed E-state index contributed by atoms with van der Waals surface area (Å²) in [6, 6.07) is 9.53. The molecule has 6 nitrogen and oxygen atoms in total. The lowest BCUT2D eigenvalue weighted by molar-refractivity contribution is -0.194. The number of thiophene rings is 1. The summed E-state index contributed by atoms with van der Waals surface area (Å²) in [6.45, 7) is 3.26. The molecular weight excluding hydrogens is 366 g/mol. The van der Waals surface area contributed by atoms with Crippen LogP contribution in [-0.4, -0.2) is 36.9 Å². The summed E-state index contributed by atoms with van der Waals surface area (Å²) in [5.74, 6) is -0.466. The predicted molar refractivity (Wildman–Crippen MR) is 102 cm³/mol. The van der Waals surface area contributed by atoms with Crippen LogP contribution in [-0.2, 0) is 32.4 Å². The molecule has 7 heteroatoms. The van der Waals surface area contributed by atoms with Gasteiger partial charge < -0.3 is 9.62 Å². The first kappa shape index (κ1) is 19.3. The Bertz CT molecular complexity index is 844. The van der Waals surface area contributed by atoms with Crippen LogP contribution in [0.3, 0.4) is 0 Å². The van der Waals surface area contributed by atoms with Crippen LogP contribution in [0.1, 0.15) is 22.9 Å². The Kier molecular flexibility index (Phi) is 6.39. The molecule has 0 unspecified atom stereocenters. The summed E-state index contributed by atoms with van der Waals surface area (Å²) in [4.78, 5) is 37.7. The van der Waals surface area contributed by atoms with E-state index in [1.165, 1.54) is 17.9 Å². The third kappa shape index (κ3) is 5.03. The zero-order valence-electron chi connectivity index (χ0n) is 15.3. The highest BCUT2D eigenvalue weighted by molar-refractivity contribution is 7.09. The first-order valence-electron chi connectivity index (χ1n) is 8.56. The summed E-state index contributed by atoms with van der Waals surface area (Å²) < 4.78 is 5.31. The average molecular weight is 387 g/mol. The summed E-state index contributed by atoms with van der Waals surface area (Å²) in [7, 11) is 1.96. The third-order valence-corrected chi connectivity index (χ3v) is 4.96. The number of rotatable bonds is 8. The molecular formula is C20H21NO5S. The second-order valence-electron chi connectivity index (χ2n) is 6.25. The molecule has 0 fully saturated rings. The zero-order chi connectivity index (χ0) is 19.2. The van der Waals surface area contributed by atoms with Crippen LogP contribution in [0.15, 0.2) is 41.3 Å². The summed E-state index contributed by atoms with van der Waals surface area (Å²) in [5.41, 5.74) is 1.47. The number of para-hydroxylation sites is 1. The Balaban J connectivity index is 1.61. The van der Waals surface area contributed by atoms with Gasteiger partial charge in [0.25, 0.3) is 0 Å². The van der Waals surface area contributed by atoms with Crippen LogP contribution in [0.2, 0.25) is 0 Å². The highest BCUT2D eigenvalue weighted by atomic mass is 32.1. The molecule has 2 heterocycles. The van der Waals surface area contributed by atoms with Crippen molar-refractivity contribution in [1.29, 1.82) is 0 Å². The van der Waals surface area contributed by atoms with Crippen molar-refractivity contribution in [2.75, 3.05) is 20.2 Å². The lowest BCUT2D eigenvalue weighted by atomic mass is 10.0. The molecule has 3 rings (SSSR count).